The molecule has 1 rings (SSSR count). The number of phenolic OH excluding ortho intramolecular Hbond substituents is 2. The Morgan fingerprint density at radius 3 is 2.33 bits per heavy atom. The number of benzene rings is 1. The molecule has 0 unspecified atom stereocenters. The van der Waals surface area contributed by atoms with Crippen molar-refractivity contribution in [3.63, 3.8) is 0 Å². The Labute approximate surface area is 63.6 Å². The third-order valence-corrected chi connectivity index (χ3v) is 0.813. The van der Waals surface area contributed by atoms with E-state index in [1.807, 2.05) is 0 Å². The maximum absolute atomic E-state index is 8.64. The van der Waals surface area contributed by atoms with Crippen molar-refractivity contribution in [2.75, 3.05) is 0 Å². The summed E-state index contributed by atoms with van der Waals surface area (Å²) >= 11 is 0. The average Bonchev–Trinajstić information content (AvgIpc) is 1.77. The van der Waals surface area contributed by atoms with E-state index in [2.05, 4.69) is 6.07 Å². The molecule has 2 N–H and O–H groups in total. The van der Waals surface area contributed by atoms with Crippen LogP contribution in [0.4, 0.5) is 0 Å². The van der Waals surface area contributed by atoms with Crippen molar-refractivity contribution in [3.8, 4) is 11.5 Å². The van der Waals surface area contributed by atoms with Gasteiger partial charge in [0.1, 0.15) is 0 Å². The summed E-state index contributed by atoms with van der Waals surface area (Å²) < 4.78 is 0. The van der Waals surface area contributed by atoms with Crippen molar-refractivity contribution >= 4 is 0 Å². The summed E-state index contributed by atoms with van der Waals surface area (Å²) in [6, 6.07) is 6.91. The van der Waals surface area contributed by atoms with Gasteiger partial charge in [0.25, 0.3) is 0 Å². The molecule has 0 aromatic heterocycles. The summed E-state index contributed by atoms with van der Waals surface area (Å²) in [5, 5.41) is 17.3. The molecule has 0 aliphatic rings. The summed E-state index contributed by atoms with van der Waals surface area (Å²) in [4.78, 5) is 0. The number of rotatable bonds is 0. The normalized spacial score (nSPS) is 8.00. The largest absolute Gasteiger partial charge is 0.562 e. The second-order valence-corrected chi connectivity index (χ2v) is 1.40. The number of para-hydroxylation sites is 1. The maximum Gasteiger partial charge on any atom is 0.0442 e. The molecule has 0 spiro atoms. The quantitative estimate of drug-likeness (QED) is 0.340. The van der Waals surface area contributed by atoms with Gasteiger partial charge in [0.2, 0.25) is 0 Å². The summed E-state index contributed by atoms with van der Waals surface area (Å²) in [7, 11) is 0. The van der Waals surface area contributed by atoms with E-state index in [0.29, 0.717) is 0 Å². The van der Waals surface area contributed by atoms with Crippen molar-refractivity contribution < 1.29 is 27.3 Å². The minimum Gasteiger partial charge on any atom is -0.562 e. The molecule has 0 saturated heterocycles. The first kappa shape index (κ1) is 8.34. The molecule has 50 valence electrons. The van der Waals surface area contributed by atoms with Gasteiger partial charge in [-0.15, -0.1) is 12.1 Å². The van der Waals surface area contributed by atoms with Crippen LogP contribution in [0.15, 0.2) is 18.2 Å². The Morgan fingerprint density at radius 2 is 2.00 bits per heavy atom. The molecule has 0 aliphatic heterocycles. The Kier molecular flexibility index (Phi) is 3.13. The van der Waals surface area contributed by atoms with E-state index in [4.69, 9.17) is 10.2 Å². The Morgan fingerprint density at radius 1 is 1.33 bits per heavy atom. The summed E-state index contributed by atoms with van der Waals surface area (Å²) in [6.07, 6.45) is 0. The van der Waals surface area contributed by atoms with Crippen molar-refractivity contribution in [1.29, 1.82) is 0 Å². The predicted molar refractivity (Wildman–Crippen MR) is 28.6 cm³/mol. The fraction of sp³-hybridized carbons (Fsp3) is 0. The van der Waals surface area contributed by atoms with Crippen LogP contribution in [-0.2, 0) is 17.1 Å². The molecule has 0 atom stereocenters. The first-order chi connectivity index (χ1) is 3.80. The molecule has 0 heterocycles. The van der Waals surface area contributed by atoms with Gasteiger partial charge in [-0.1, -0.05) is 0 Å². The van der Waals surface area contributed by atoms with Crippen LogP contribution in [0.1, 0.15) is 0 Å². The van der Waals surface area contributed by atoms with Crippen LogP contribution in [0.2, 0.25) is 0 Å². The molecule has 9 heavy (non-hydrogen) atoms. The van der Waals surface area contributed by atoms with Crippen LogP contribution in [0.3, 0.4) is 0 Å². The van der Waals surface area contributed by atoms with E-state index in [9.17, 15) is 0 Å². The zero-order valence-electron chi connectivity index (χ0n) is 4.48. The second kappa shape index (κ2) is 3.38. The topological polar surface area (TPSA) is 40.5 Å². The Balaban J connectivity index is 0.000000640. The fourth-order valence-corrected chi connectivity index (χ4v) is 0.419. The molecule has 1 aromatic carbocycles. The van der Waals surface area contributed by atoms with E-state index in [1.165, 1.54) is 12.1 Å². The van der Waals surface area contributed by atoms with Crippen molar-refractivity contribution in [3.05, 3.63) is 24.3 Å². The van der Waals surface area contributed by atoms with Crippen LogP contribution in [-0.4, -0.2) is 10.2 Å². The van der Waals surface area contributed by atoms with Gasteiger partial charge in [-0.3, -0.25) is 0 Å². The van der Waals surface area contributed by atoms with Gasteiger partial charge in [-0.25, -0.2) is 0 Å². The third kappa shape index (κ3) is 1.96. The molecule has 0 amide bonds. The molecule has 0 saturated carbocycles. The first-order valence-corrected chi connectivity index (χ1v) is 2.19. The van der Waals surface area contributed by atoms with Gasteiger partial charge in [0.15, 0.2) is 0 Å². The van der Waals surface area contributed by atoms with Gasteiger partial charge in [-0.05, 0) is 0 Å². The molecule has 0 bridgehead atoms. The van der Waals surface area contributed by atoms with Crippen LogP contribution < -0.4 is 0 Å². The molecule has 3 heteroatoms. The van der Waals surface area contributed by atoms with E-state index < -0.39 is 0 Å². The fourth-order valence-electron chi connectivity index (χ4n) is 0.419. The smallest absolute Gasteiger partial charge is 0.0442 e. The molecular weight excluding hydrogens is 160 g/mol. The van der Waals surface area contributed by atoms with Crippen LogP contribution in [0.5, 0.6) is 11.5 Å². The maximum atomic E-state index is 8.64. The molecule has 0 radical (unpaired) electrons. The zero-order valence-corrected chi connectivity index (χ0v) is 5.58. The van der Waals surface area contributed by atoms with Gasteiger partial charge in [0, 0.05) is 28.6 Å². The van der Waals surface area contributed by atoms with Crippen LogP contribution in [0, 0.1) is 6.07 Å². The summed E-state index contributed by atoms with van der Waals surface area (Å²) in [5.41, 5.74) is 0. The molecular formula is C6H5FeO2-. The first-order valence-electron chi connectivity index (χ1n) is 2.19. The minimum atomic E-state index is -0.201. The van der Waals surface area contributed by atoms with Gasteiger partial charge in [0.05, 0.1) is 0 Å². The Hall–Kier alpha value is -0.661. The van der Waals surface area contributed by atoms with E-state index in [1.54, 1.807) is 6.07 Å². The SMILES string of the molecule is Oc1[c-]cccc1O.[Fe]. The second-order valence-electron chi connectivity index (χ2n) is 1.40. The van der Waals surface area contributed by atoms with Gasteiger partial charge >= 0.3 is 0 Å². The number of phenols is 2. The van der Waals surface area contributed by atoms with Crippen molar-refractivity contribution in [1.82, 2.24) is 0 Å². The number of hydrogen-bond acceptors (Lipinski definition) is 2. The molecule has 0 aliphatic carbocycles. The van der Waals surface area contributed by atoms with Crippen molar-refractivity contribution in [2.24, 2.45) is 0 Å². The van der Waals surface area contributed by atoms with E-state index in [0.717, 1.165) is 0 Å². The molecule has 2 nitrogen and oxygen atoms in total. The van der Waals surface area contributed by atoms with Crippen molar-refractivity contribution in [2.45, 2.75) is 0 Å². The standard InChI is InChI=1S/C6H5O2.Fe/c7-5-3-1-2-4-6(5)8;/h1-3,7-8H;/q-1;. The molecule has 1 aromatic rings. The number of aromatic hydroxyl groups is 2. The summed E-state index contributed by atoms with van der Waals surface area (Å²) in [5.74, 6) is -0.333. The Bertz CT molecular complexity index is 167. The third-order valence-electron chi connectivity index (χ3n) is 0.813. The predicted octanol–water partition coefficient (Wildman–Crippen LogP) is 0.895. The monoisotopic (exact) mass is 165 g/mol. The van der Waals surface area contributed by atoms with Gasteiger partial charge in [-0.2, -0.15) is 12.1 Å². The minimum absolute atomic E-state index is 0. The number of hydrogen-bond donors (Lipinski definition) is 2. The van der Waals surface area contributed by atoms with E-state index >= 15 is 0 Å². The molecule has 0 fully saturated rings. The van der Waals surface area contributed by atoms with Gasteiger partial charge < -0.3 is 10.2 Å². The zero-order chi connectivity index (χ0) is 5.98. The van der Waals surface area contributed by atoms with Crippen LogP contribution >= 0.6 is 0 Å². The summed E-state index contributed by atoms with van der Waals surface area (Å²) in [6.45, 7) is 0. The van der Waals surface area contributed by atoms with E-state index in [-0.39, 0.29) is 28.6 Å². The van der Waals surface area contributed by atoms with Crippen LogP contribution in [0.25, 0.3) is 0 Å². The average molecular weight is 165 g/mol.